The fourth-order valence-electron chi connectivity index (χ4n) is 1.76. The first-order chi connectivity index (χ1) is 9.76. The standard InChI is InChI=1S/C17H26O5/c1-11(2)14(19)21-16(5,6)9-13(18)10-17(7,8)22-15(20)12(3)4/h1,3,9-10H2,2,4-8H3. The van der Waals surface area contributed by atoms with Gasteiger partial charge in [0.1, 0.15) is 17.0 Å². The van der Waals surface area contributed by atoms with Crippen molar-refractivity contribution in [2.75, 3.05) is 0 Å². The van der Waals surface area contributed by atoms with E-state index in [9.17, 15) is 14.4 Å². The molecule has 5 nitrogen and oxygen atoms in total. The Hall–Kier alpha value is -1.91. The van der Waals surface area contributed by atoms with Crippen molar-refractivity contribution in [1.29, 1.82) is 0 Å². The minimum absolute atomic E-state index is 0.0278. The van der Waals surface area contributed by atoms with Crippen LogP contribution in [0, 0.1) is 0 Å². The number of hydrogen-bond acceptors (Lipinski definition) is 5. The summed E-state index contributed by atoms with van der Waals surface area (Å²) in [7, 11) is 0. The Kier molecular flexibility index (Phi) is 6.74. The van der Waals surface area contributed by atoms with Crippen LogP contribution in [0.5, 0.6) is 0 Å². The van der Waals surface area contributed by atoms with Gasteiger partial charge in [0.2, 0.25) is 0 Å². The third-order valence-corrected chi connectivity index (χ3v) is 2.68. The average molecular weight is 310 g/mol. The van der Waals surface area contributed by atoms with Crippen molar-refractivity contribution >= 4 is 17.7 Å². The third-order valence-electron chi connectivity index (χ3n) is 2.68. The van der Waals surface area contributed by atoms with Gasteiger partial charge >= 0.3 is 11.9 Å². The molecule has 0 aliphatic heterocycles. The number of Topliss-reactive ketones (excluding diaryl/α,β-unsaturated/α-hetero) is 1. The number of esters is 2. The van der Waals surface area contributed by atoms with Crippen LogP contribution in [-0.4, -0.2) is 28.9 Å². The summed E-state index contributed by atoms with van der Waals surface area (Å²) >= 11 is 0. The number of carbonyl (C=O) groups excluding carboxylic acids is 3. The summed E-state index contributed by atoms with van der Waals surface area (Å²) in [5, 5.41) is 0. The molecule has 0 spiro atoms. The molecule has 0 aromatic rings. The van der Waals surface area contributed by atoms with Gasteiger partial charge in [-0.1, -0.05) is 13.2 Å². The van der Waals surface area contributed by atoms with Gasteiger partial charge < -0.3 is 9.47 Å². The van der Waals surface area contributed by atoms with Crippen LogP contribution in [0.25, 0.3) is 0 Å². The molecule has 0 saturated carbocycles. The molecule has 0 aliphatic rings. The van der Waals surface area contributed by atoms with Gasteiger partial charge in [-0.2, -0.15) is 0 Å². The van der Waals surface area contributed by atoms with Crippen LogP contribution in [-0.2, 0) is 23.9 Å². The van der Waals surface area contributed by atoms with Crippen LogP contribution >= 0.6 is 0 Å². The number of ketones is 1. The Balaban J connectivity index is 4.66. The zero-order valence-electron chi connectivity index (χ0n) is 14.4. The molecule has 5 heteroatoms. The van der Waals surface area contributed by atoms with E-state index in [1.165, 1.54) is 0 Å². The summed E-state index contributed by atoms with van der Waals surface area (Å²) in [6.45, 7) is 16.7. The fourth-order valence-corrected chi connectivity index (χ4v) is 1.76. The Morgan fingerprint density at radius 1 is 0.773 bits per heavy atom. The van der Waals surface area contributed by atoms with Crippen molar-refractivity contribution in [2.45, 2.75) is 65.6 Å². The van der Waals surface area contributed by atoms with Gasteiger partial charge in [-0.15, -0.1) is 0 Å². The largest absolute Gasteiger partial charge is 0.456 e. The van der Waals surface area contributed by atoms with Crippen LogP contribution < -0.4 is 0 Å². The van der Waals surface area contributed by atoms with Crippen molar-refractivity contribution in [3.63, 3.8) is 0 Å². The molecular formula is C17H26O5. The predicted octanol–water partition coefficient (Wildman–Crippen LogP) is 3.13. The molecule has 0 heterocycles. The Morgan fingerprint density at radius 2 is 1.05 bits per heavy atom. The highest BCUT2D eigenvalue weighted by Gasteiger charge is 2.32. The van der Waals surface area contributed by atoms with Crippen molar-refractivity contribution < 1.29 is 23.9 Å². The molecule has 0 atom stereocenters. The topological polar surface area (TPSA) is 69.7 Å². The maximum absolute atomic E-state index is 12.1. The highest BCUT2D eigenvalue weighted by molar-refractivity contribution is 5.89. The van der Waals surface area contributed by atoms with Gasteiger partial charge in [0.05, 0.1) is 0 Å². The molecule has 0 saturated heterocycles. The van der Waals surface area contributed by atoms with Crippen molar-refractivity contribution in [3.05, 3.63) is 24.3 Å². The van der Waals surface area contributed by atoms with Gasteiger partial charge in [0, 0.05) is 24.0 Å². The van der Waals surface area contributed by atoms with Crippen molar-refractivity contribution in [2.24, 2.45) is 0 Å². The monoisotopic (exact) mass is 310 g/mol. The highest BCUT2D eigenvalue weighted by atomic mass is 16.6. The normalized spacial score (nSPS) is 11.5. The quantitative estimate of drug-likeness (QED) is 0.509. The van der Waals surface area contributed by atoms with Crippen LogP contribution in [0.1, 0.15) is 54.4 Å². The van der Waals surface area contributed by atoms with Crippen molar-refractivity contribution in [1.82, 2.24) is 0 Å². The third kappa shape index (κ3) is 7.76. The summed E-state index contributed by atoms with van der Waals surface area (Å²) in [5.41, 5.74) is -1.34. The van der Waals surface area contributed by atoms with E-state index < -0.39 is 23.1 Å². The van der Waals surface area contributed by atoms with E-state index in [4.69, 9.17) is 9.47 Å². The lowest BCUT2D eigenvalue weighted by Gasteiger charge is -2.28. The lowest BCUT2D eigenvalue weighted by atomic mass is 9.93. The van der Waals surface area contributed by atoms with E-state index in [0.29, 0.717) is 0 Å². The van der Waals surface area contributed by atoms with Crippen molar-refractivity contribution in [3.8, 4) is 0 Å². The summed E-state index contributed by atoms with van der Waals surface area (Å²) in [6, 6.07) is 0. The van der Waals surface area contributed by atoms with Crippen LogP contribution in [0.4, 0.5) is 0 Å². The molecule has 0 radical (unpaired) electrons. The van der Waals surface area contributed by atoms with E-state index in [1.54, 1.807) is 41.5 Å². The molecule has 0 aromatic carbocycles. The molecule has 0 fully saturated rings. The minimum Gasteiger partial charge on any atom is -0.456 e. The van der Waals surface area contributed by atoms with Crippen LogP contribution in [0.3, 0.4) is 0 Å². The van der Waals surface area contributed by atoms with Gasteiger partial charge in [-0.3, -0.25) is 4.79 Å². The first-order valence-corrected chi connectivity index (χ1v) is 7.05. The number of ether oxygens (including phenoxy) is 2. The summed E-state index contributed by atoms with van der Waals surface area (Å²) in [5.74, 6) is -1.24. The Bertz CT molecular complexity index is 453. The summed E-state index contributed by atoms with van der Waals surface area (Å²) in [4.78, 5) is 35.2. The van der Waals surface area contributed by atoms with Gasteiger partial charge in [-0.05, 0) is 41.5 Å². The number of rotatable bonds is 8. The molecule has 0 rings (SSSR count). The van der Waals surface area contributed by atoms with Gasteiger partial charge in [0.25, 0.3) is 0 Å². The molecular weight excluding hydrogens is 284 g/mol. The predicted molar refractivity (Wildman–Crippen MR) is 84.2 cm³/mol. The highest BCUT2D eigenvalue weighted by Crippen LogP contribution is 2.23. The fraction of sp³-hybridized carbons (Fsp3) is 0.588. The maximum Gasteiger partial charge on any atom is 0.333 e. The molecule has 0 aliphatic carbocycles. The Labute approximate surface area is 132 Å². The minimum atomic E-state index is -0.943. The SMILES string of the molecule is C=C(C)C(=O)OC(C)(C)CC(=O)CC(C)(C)OC(=O)C(=C)C. The zero-order chi connectivity index (χ0) is 17.7. The lowest BCUT2D eigenvalue weighted by Crippen LogP contribution is -2.36. The molecule has 0 unspecified atom stereocenters. The van der Waals surface area contributed by atoms with E-state index in [0.717, 1.165) is 0 Å². The summed E-state index contributed by atoms with van der Waals surface area (Å²) in [6.07, 6.45) is 0.0557. The first kappa shape index (κ1) is 20.1. The van der Waals surface area contributed by atoms with E-state index in [1.807, 2.05) is 0 Å². The number of hydrogen-bond donors (Lipinski definition) is 0. The van der Waals surface area contributed by atoms with E-state index >= 15 is 0 Å². The number of carbonyl (C=O) groups is 3. The van der Waals surface area contributed by atoms with Crippen LogP contribution in [0.2, 0.25) is 0 Å². The van der Waals surface area contributed by atoms with Crippen LogP contribution in [0.15, 0.2) is 24.3 Å². The van der Waals surface area contributed by atoms with E-state index in [-0.39, 0.29) is 29.8 Å². The average Bonchev–Trinajstić information content (AvgIpc) is 2.24. The molecule has 0 bridgehead atoms. The molecule has 0 N–H and O–H groups in total. The zero-order valence-corrected chi connectivity index (χ0v) is 14.4. The molecule has 0 amide bonds. The first-order valence-electron chi connectivity index (χ1n) is 7.05. The Morgan fingerprint density at radius 3 is 1.27 bits per heavy atom. The smallest absolute Gasteiger partial charge is 0.333 e. The molecule has 22 heavy (non-hydrogen) atoms. The van der Waals surface area contributed by atoms with Gasteiger partial charge in [0.15, 0.2) is 0 Å². The summed E-state index contributed by atoms with van der Waals surface area (Å²) < 4.78 is 10.4. The molecule has 0 aromatic heterocycles. The maximum atomic E-state index is 12.1. The second-order valence-electron chi connectivity index (χ2n) is 6.75. The lowest BCUT2D eigenvalue weighted by molar-refractivity contribution is -0.155. The van der Waals surface area contributed by atoms with E-state index in [2.05, 4.69) is 13.2 Å². The molecule has 124 valence electrons. The van der Waals surface area contributed by atoms with Gasteiger partial charge in [-0.25, -0.2) is 9.59 Å². The second-order valence-corrected chi connectivity index (χ2v) is 6.75. The second kappa shape index (κ2) is 7.38.